The fraction of sp³-hybridized carbons (Fsp3) is 0.632. The molecule has 0 unspecified atom stereocenters. The molecule has 0 aromatic heterocycles. The summed E-state index contributed by atoms with van der Waals surface area (Å²) >= 11 is 0. The molecule has 0 aliphatic heterocycles. The third-order valence-corrected chi connectivity index (χ3v) is 5.80. The molecule has 0 bridgehead atoms. The molecule has 26 heavy (non-hydrogen) atoms. The standard InChI is InChI=1S/C19H33N3O3S/c1-14(2)11-22(12-15(3)4)13-19(23)20-17-9-8-16(5)18(10-17)26(24,25)21(6)7/h8-10,14-15H,11-13H2,1-7H3,(H,20,23). The zero-order valence-corrected chi connectivity index (χ0v) is 17.9. The van der Waals surface area contributed by atoms with Gasteiger partial charge in [-0.2, -0.15) is 0 Å². The first-order valence-electron chi connectivity index (χ1n) is 8.98. The van der Waals surface area contributed by atoms with E-state index in [4.69, 9.17) is 0 Å². The molecule has 0 saturated heterocycles. The van der Waals surface area contributed by atoms with Crippen LogP contribution in [0.4, 0.5) is 5.69 Å². The normalized spacial score (nSPS) is 12.4. The lowest BCUT2D eigenvalue weighted by molar-refractivity contribution is -0.117. The van der Waals surface area contributed by atoms with E-state index in [-0.39, 0.29) is 10.8 Å². The van der Waals surface area contributed by atoms with Crippen molar-refractivity contribution < 1.29 is 13.2 Å². The van der Waals surface area contributed by atoms with Gasteiger partial charge >= 0.3 is 0 Å². The maximum absolute atomic E-state index is 12.5. The van der Waals surface area contributed by atoms with Crippen LogP contribution in [-0.2, 0) is 14.8 Å². The molecule has 1 N–H and O–H groups in total. The number of hydrogen-bond acceptors (Lipinski definition) is 4. The van der Waals surface area contributed by atoms with Gasteiger partial charge in [0.1, 0.15) is 0 Å². The molecule has 6 nitrogen and oxygen atoms in total. The van der Waals surface area contributed by atoms with Crippen molar-refractivity contribution in [2.24, 2.45) is 11.8 Å². The zero-order chi connectivity index (χ0) is 20.1. The van der Waals surface area contributed by atoms with Crippen molar-refractivity contribution in [3.8, 4) is 0 Å². The van der Waals surface area contributed by atoms with Crippen LogP contribution < -0.4 is 5.32 Å². The van der Waals surface area contributed by atoms with Gasteiger partial charge in [-0.1, -0.05) is 33.8 Å². The highest BCUT2D eigenvalue weighted by molar-refractivity contribution is 7.89. The summed E-state index contributed by atoms with van der Waals surface area (Å²) in [6, 6.07) is 4.97. The Balaban J connectivity index is 2.92. The molecular formula is C19H33N3O3S. The average Bonchev–Trinajstić information content (AvgIpc) is 2.47. The third-order valence-electron chi connectivity index (χ3n) is 3.84. The topological polar surface area (TPSA) is 69.7 Å². The van der Waals surface area contributed by atoms with Crippen LogP contribution in [0.2, 0.25) is 0 Å². The number of anilines is 1. The number of nitrogens with zero attached hydrogens (tertiary/aromatic N) is 2. The molecule has 0 saturated carbocycles. The molecule has 0 atom stereocenters. The second-order valence-corrected chi connectivity index (χ2v) is 9.92. The van der Waals surface area contributed by atoms with Crippen molar-refractivity contribution in [3.05, 3.63) is 23.8 Å². The smallest absolute Gasteiger partial charge is 0.242 e. The van der Waals surface area contributed by atoms with Gasteiger partial charge in [-0.25, -0.2) is 12.7 Å². The SMILES string of the molecule is Cc1ccc(NC(=O)CN(CC(C)C)CC(C)C)cc1S(=O)(=O)N(C)C. The second kappa shape index (κ2) is 9.48. The van der Waals surface area contributed by atoms with Crippen LogP contribution in [0, 0.1) is 18.8 Å². The van der Waals surface area contributed by atoms with Gasteiger partial charge < -0.3 is 5.32 Å². The molecule has 1 rings (SSSR count). The Labute approximate surface area is 158 Å². The Morgan fingerprint density at radius 2 is 1.62 bits per heavy atom. The summed E-state index contributed by atoms with van der Waals surface area (Å²) in [5.74, 6) is 0.805. The van der Waals surface area contributed by atoms with Crippen molar-refractivity contribution in [2.75, 3.05) is 39.0 Å². The summed E-state index contributed by atoms with van der Waals surface area (Å²) in [5.41, 5.74) is 1.15. The molecule has 0 aliphatic carbocycles. The molecule has 0 aliphatic rings. The van der Waals surface area contributed by atoms with Gasteiger partial charge in [0.05, 0.1) is 11.4 Å². The second-order valence-electron chi connectivity index (χ2n) is 7.80. The lowest BCUT2D eigenvalue weighted by Gasteiger charge is -2.25. The number of nitrogens with one attached hydrogen (secondary N) is 1. The number of carbonyl (C=O) groups is 1. The van der Waals surface area contributed by atoms with Crippen LogP contribution >= 0.6 is 0 Å². The minimum Gasteiger partial charge on any atom is -0.325 e. The van der Waals surface area contributed by atoms with Gasteiger partial charge in [-0.15, -0.1) is 0 Å². The van der Waals surface area contributed by atoms with Crippen molar-refractivity contribution in [3.63, 3.8) is 0 Å². The van der Waals surface area contributed by atoms with E-state index >= 15 is 0 Å². The minimum atomic E-state index is -3.55. The average molecular weight is 384 g/mol. The highest BCUT2D eigenvalue weighted by Crippen LogP contribution is 2.22. The van der Waals surface area contributed by atoms with Crippen LogP contribution in [0.25, 0.3) is 0 Å². The number of aryl methyl sites for hydroxylation is 1. The summed E-state index contributed by atoms with van der Waals surface area (Å²) in [7, 11) is -0.558. The van der Waals surface area contributed by atoms with Crippen LogP contribution in [0.1, 0.15) is 33.3 Å². The molecule has 1 aromatic carbocycles. The van der Waals surface area contributed by atoms with Crippen LogP contribution in [0.5, 0.6) is 0 Å². The molecule has 0 spiro atoms. The summed E-state index contributed by atoms with van der Waals surface area (Å²) in [6.45, 7) is 12.2. The quantitative estimate of drug-likeness (QED) is 0.712. The molecule has 148 valence electrons. The highest BCUT2D eigenvalue weighted by atomic mass is 32.2. The number of hydrogen-bond donors (Lipinski definition) is 1. The molecule has 7 heteroatoms. The van der Waals surface area contributed by atoms with E-state index < -0.39 is 10.0 Å². The fourth-order valence-corrected chi connectivity index (χ4v) is 3.94. The van der Waals surface area contributed by atoms with Crippen molar-refractivity contribution >= 4 is 21.6 Å². The zero-order valence-electron chi connectivity index (χ0n) is 17.0. The van der Waals surface area contributed by atoms with E-state index in [0.29, 0.717) is 29.6 Å². The first-order valence-corrected chi connectivity index (χ1v) is 10.4. The Hall–Kier alpha value is -1.44. The Kier molecular flexibility index (Phi) is 8.24. The van der Waals surface area contributed by atoms with Crippen molar-refractivity contribution in [1.82, 2.24) is 9.21 Å². The van der Waals surface area contributed by atoms with Gasteiger partial charge in [-0.05, 0) is 36.5 Å². The Morgan fingerprint density at radius 1 is 1.08 bits per heavy atom. The summed E-state index contributed by atoms with van der Waals surface area (Å²) < 4.78 is 26.0. The number of benzene rings is 1. The van der Waals surface area contributed by atoms with E-state index in [0.717, 1.165) is 13.1 Å². The highest BCUT2D eigenvalue weighted by Gasteiger charge is 2.21. The van der Waals surface area contributed by atoms with E-state index in [2.05, 4.69) is 37.9 Å². The first-order chi connectivity index (χ1) is 11.9. The van der Waals surface area contributed by atoms with Crippen LogP contribution in [0.3, 0.4) is 0 Å². The predicted molar refractivity (Wildman–Crippen MR) is 107 cm³/mol. The summed E-state index contributed by atoms with van der Waals surface area (Å²) in [6.07, 6.45) is 0. The molecule has 0 heterocycles. The van der Waals surface area contributed by atoms with Gasteiger partial charge in [0, 0.05) is 32.9 Å². The number of amides is 1. The maximum Gasteiger partial charge on any atom is 0.242 e. The minimum absolute atomic E-state index is 0.136. The van der Waals surface area contributed by atoms with Gasteiger partial charge in [0.15, 0.2) is 0 Å². The molecule has 0 radical (unpaired) electrons. The lowest BCUT2D eigenvalue weighted by atomic mass is 10.1. The number of rotatable bonds is 9. The van der Waals surface area contributed by atoms with Gasteiger partial charge in [0.2, 0.25) is 15.9 Å². The van der Waals surface area contributed by atoms with Gasteiger partial charge in [0.25, 0.3) is 0 Å². The Morgan fingerprint density at radius 3 is 2.08 bits per heavy atom. The van der Waals surface area contributed by atoms with Crippen LogP contribution in [-0.4, -0.2) is 57.3 Å². The summed E-state index contributed by atoms with van der Waals surface area (Å²) in [5, 5.41) is 2.83. The lowest BCUT2D eigenvalue weighted by Crippen LogP contribution is -2.38. The number of carbonyl (C=O) groups excluding carboxylic acids is 1. The third kappa shape index (κ3) is 6.70. The van der Waals surface area contributed by atoms with Gasteiger partial charge in [-0.3, -0.25) is 9.69 Å². The van der Waals surface area contributed by atoms with E-state index in [1.807, 2.05) is 0 Å². The molecule has 1 amide bonds. The molecular weight excluding hydrogens is 350 g/mol. The van der Waals surface area contributed by atoms with Crippen molar-refractivity contribution in [1.29, 1.82) is 0 Å². The predicted octanol–water partition coefficient (Wildman–Crippen LogP) is 2.80. The maximum atomic E-state index is 12.5. The van der Waals surface area contributed by atoms with E-state index in [1.54, 1.807) is 19.1 Å². The fourth-order valence-electron chi connectivity index (χ4n) is 2.79. The molecule has 1 aromatic rings. The van der Waals surface area contributed by atoms with E-state index in [1.165, 1.54) is 24.5 Å². The monoisotopic (exact) mass is 383 g/mol. The Bertz CT molecular complexity index is 703. The largest absolute Gasteiger partial charge is 0.325 e. The van der Waals surface area contributed by atoms with E-state index in [9.17, 15) is 13.2 Å². The number of sulfonamides is 1. The van der Waals surface area contributed by atoms with Crippen LogP contribution in [0.15, 0.2) is 23.1 Å². The van der Waals surface area contributed by atoms with Crippen molar-refractivity contribution in [2.45, 2.75) is 39.5 Å². The first kappa shape index (κ1) is 22.6. The molecule has 0 fully saturated rings. The summed E-state index contributed by atoms with van der Waals surface area (Å²) in [4.78, 5) is 14.8.